The lowest BCUT2D eigenvalue weighted by atomic mass is 9.91. The van der Waals surface area contributed by atoms with Crippen molar-refractivity contribution in [2.45, 2.75) is 34.1 Å². The Morgan fingerprint density at radius 3 is 2.29 bits per heavy atom. The highest BCUT2D eigenvalue weighted by Gasteiger charge is 2.34. The van der Waals surface area contributed by atoms with E-state index in [-0.39, 0.29) is 22.8 Å². The third-order valence-electron chi connectivity index (χ3n) is 6.52. The number of nitrogens with zero attached hydrogens (tertiary/aromatic N) is 4. The average molecular weight is 531 g/mol. The molecule has 2 aromatic carbocycles. The van der Waals surface area contributed by atoms with Crippen molar-refractivity contribution in [2.24, 2.45) is 5.41 Å². The molecule has 0 unspecified atom stereocenters. The number of nitriles is 1. The number of hydrogen-bond acceptors (Lipinski definition) is 6. The van der Waals surface area contributed by atoms with Gasteiger partial charge in [-0.25, -0.2) is 0 Å². The van der Waals surface area contributed by atoms with Gasteiger partial charge in [-0.1, -0.05) is 62.4 Å². The summed E-state index contributed by atoms with van der Waals surface area (Å²) in [6.45, 7) is 9.90. The molecule has 8 heteroatoms. The van der Waals surface area contributed by atoms with Crippen LogP contribution < -0.4 is 9.64 Å². The first-order chi connectivity index (χ1) is 18.1. The number of aryl methyl sites for hydroxylation is 1. The molecule has 2 heterocycles. The topological polar surface area (TPSA) is 76.9 Å². The minimum atomic E-state index is -0.310. The molecule has 1 fully saturated rings. The van der Waals surface area contributed by atoms with Gasteiger partial charge in [-0.05, 0) is 36.6 Å². The van der Waals surface area contributed by atoms with Gasteiger partial charge < -0.3 is 19.4 Å². The zero-order chi connectivity index (χ0) is 27.4. The van der Waals surface area contributed by atoms with E-state index in [0.717, 1.165) is 28.3 Å². The fourth-order valence-corrected chi connectivity index (χ4v) is 5.52. The maximum Gasteiger partial charge on any atom is 0.267 e. The Hall–Kier alpha value is -3.70. The van der Waals surface area contributed by atoms with Crippen molar-refractivity contribution in [3.8, 4) is 11.8 Å². The molecule has 7 nitrogen and oxygen atoms in total. The number of benzene rings is 2. The second-order valence-corrected chi connectivity index (χ2v) is 11.6. The highest BCUT2D eigenvalue weighted by atomic mass is 32.2. The number of carbonyl (C=O) groups excluding carboxylic acids is 2. The standard InChI is InChI=1S/C30H34N4O3S/c1-21-9-11-23(12-10-21)34-26(22-7-6-8-24(17-22)37-5)20-38-29(34)25(19-31)28(36)33-15-13-32(14-16-33)27(35)18-30(2,3)4/h6-12,17,20H,13-16,18H2,1-5H3/b29-25-. The summed E-state index contributed by atoms with van der Waals surface area (Å²) in [4.78, 5) is 31.8. The monoisotopic (exact) mass is 530 g/mol. The lowest BCUT2D eigenvalue weighted by Gasteiger charge is -2.36. The van der Waals surface area contributed by atoms with Crippen LogP contribution in [0.3, 0.4) is 0 Å². The minimum absolute atomic E-state index is 0.0882. The normalized spacial score (nSPS) is 17.2. The molecular formula is C30H34N4O3S. The van der Waals surface area contributed by atoms with Crippen molar-refractivity contribution in [3.05, 3.63) is 75.7 Å². The van der Waals surface area contributed by atoms with E-state index in [9.17, 15) is 14.9 Å². The van der Waals surface area contributed by atoms with Crippen LogP contribution in [0, 0.1) is 23.7 Å². The number of ether oxygens (including phenoxy) is 1. The summed E-state index contributed by atoms with van der Waals surface area (Å²) in [5.74, 6) is 0.521. The Balaban J connectivity index is 1.62. The van der Waals surface area contributed by atoms with Crippen LogP contribution in [0.1, 0.15) is 38.3 Å². The molecule has 0 atom stereocenters. The molecule has 0 aromatic heterocycles. The van der Waals surface area contributed by atoms with Gasteiger partial charge in [-0.15, -0.1) is 0 Å². The Bertz CT molecular complexity index is 1310. The van der Waals surface area contributed by atoms with E-state index in [4.69, 9.17) is 4.74 Å². The molecule has 2 aliphatic rings. The van der Waals surface area contributed by atoms with Crippen molar-refractivity contribution in [2.75, 3.05) is 38.2 Å². The Kier molecular flexibility index (Phi) is 8.17. The van der Waals surface area contributed by atoms with Crippen LogP contribution in [0.25, 0.3) is 5.70 Å². The molecule has 0 saturated carbocycles. The number of piperazine rings is 1. The Morgan fingerprint density at radius 2 is 1.68 bits per heavy atom. The van der Waals surface area contributed by atoms with E-state index in [1.807, 2.05) is 91.4 Å². The molecule has 2 amide bonds. The summed E-state index contributed by atoms with van der Waals surface area (Å²) in [7, 11) is 1.63. The first-order valence-corrected chi connectivity index (χ1v) is 13.6. The molecule has 0 bridgehead atoms. The van der Waals surface area contributed by atoms with E-state index >= 15 is 0 Å². The average Bonchev–Trinajstić information content (AvgIpc) is 3.33. The van der Waals surface area contributed by atoms with Crippen molar-refractivity contribution in [3.63, 3.8) is 0 Å². The molecule has 0 N–H and O–H groups in total. The maximum absolute atomic E-state index is 13.7. The van der Waals surface area contributed by atoms with Gasteiger partial charge in [0.05, 0.1) is 12.8 Å². The molecule has 38 heavy (non-hydrogen) atoms. The summed E-state index contributed by atoms with van der Waals surface area (Å²) in [5.41, 5.74) is 3.78. The Labute approximate surface area is 229 Å². The van der Waals surface area contributed by atoms with Crippen molar-refractivity contribution >= 4 is 35.0 Å². The lowest BCUT2D eigenvalue weighted by molar-refractivity contribution is -0.138. The van der Waals surface area contributed by atoms with Gasteiger partial charge in [0.2, 0.25) is 5.91 Å². The van der Waals surface area contributed by atoms with Gasteiger partial charge in [0.1, 0.15) is 22.4 Å². The molecule has 0 aliphatic carbocycles. The molecular weight excluding hydrogens is 496 g/mol. The van der Waals surface area contributed by atoms with Crippen LogP contribution in [0.15, 0.2) is 64.5 Å². The number of thioether (sulfide) groups is 1. The van der Waals surface area contributed by atoms with E-state index in [0.29, 0.717) is 37.6 Å². The number of carbonyl (C=O) groups is 2. The summed E-state index contributed by atoms with van der Waals surface area (Å²) >= 11 is 1.37. The SMILES string of the molecule is COc1cccc(C2=CS/C(=C(/C#N)C(=O)N3CCN(C(=O)CC(C)(C)C)CC3)N2c2ccc(C)cc2)c1. The minimum Gasteiger partial charge on any atom is -0.497 e. The predicted molar refractivity (Wildman–Crippen MR) is 152 cm³/mol. The van der Waals surface area contributed by atoms with E-state index in [1.54, 1.807) is 12.0 Å². The maximum atomic E-state index is 13.7. The van der Waals surface area contributed by atoms with Gasteiger partial charge in [-0.3, -0.25) is 9.59 Å². The first kappa shape index (κ1) is 27.3. The highest BCUT2D eigenvalue weighted by molar-refractivity contribution is 8.06. The summed E-state index contributed by atoms with van der Waals surface area (Å²) < 4.78 is 5.43. The van der Waals surface area contributed by atoms with Gasteiger partial charge in [-0.2, -0.15) is 5.26 Å². The molecule has 198 valence electrons. The smallest absolute Gasteiger partial charge is 0.267 e. The largest absolute Gasteiger partial charge is 0.497 e. The van der Waals surface area contributed by atoms with Gasteiger partial charge in [0, 0.05) is 49.3 Å². The van der Waals surface area contributed by atoms with E-state index < -0.39 is 0 Å². The third-order valence-corrected chi connectivity index (χ3v) is 7.48. The lowest BCUT2D eigenvalue weighted by Crippen LogP contribution is -2.51. The molecule has 0 spiro atoms. The van der Waals surface area contributed by atoms with Crippen molar-refractivity contribution in [1.29, 1.82) is 5.26 Å². The van der Waals surface area contributed by atoms with Crippen molar-refractivity contribution in [1.82, 2.24) is 9.80 Å². The van der Waals surface area contributed by atoms with Gasteiger partial charge >= 0.3 is 0 Å². The second kappa shape index (κ2) is 11.4. The second-order valence-electron chi connectivity index (χ2n) is 10.7. The van der Waals surface area contributed by atoms with Gasteiger partial charge in [0.25, 0.3) is 5.91 Å². The van der Waals surface area contributed by atoms with Crippen LogP contribution in [-0.4, -0.2) is 54.9 Å². The van der Waals surface area contributed by atoms with Gasteiger partial charge in [0.15, 0.2) is 0 Å². The van der Waals surface area contributed by atoms with Crippen molar-refractivity contribution < 1.29 is 14.3 Å². The Morgan fingerprint density at radius 1 is 1.03 bits per heavy atom. The molecule has 4 rings (SSSR count). The van der Waals surface area contributed by atoms with E-state index in [2.05, 4.69) is 6.07 Å². The molecule has 1 saturated heterocycles. The van der Waals surface area contributed by atoms with Crippen LogP contribution in [-0.2, 0) is 9.59 Å². The van der Waals surface area contributed by atoms with Crippen LogP contribution in [0.4, 0.5) is 5.69 Å². The highest BCUT2D eigenvalue weighted by Crippen LogP contribution is 2.45. The molecule has 2 aromatic rings. The zero-order valence-corrected chi connectivity index (χ0v) is 23.5. The summed E-state index contributed by atoms with van der Waals surface area (Å²) in [5, 5.41) is 12.7. The first-order valence-electron chi connectivity index (χ1n) is 12.7. The van der Waals surface area contributed by atoms with Crippen LogP contribution in [0.5, 0.6) is 5.75 Å². The fraction of sp³-hybridized carbons (Fsp3) is 0.367. The van der Waals surface area contributed by atoms with E-state index in [1.165, 1.54) is 11.8 Å². The van der Waals surface area contributed by atoms with Crippen LogP contribution in [0.2, 0.25) is 0 Å². The third kappa shape index (κ3) is 6.05. The fourth-order valence-electron chi connectivity index (χ4n) is 4.50. The zero-order valence-electron chi connectivity index (χ0n) is 22.7. The van der Waals surface area contributed by atoms with Crippen LogP contribution >= 0.6 is 11.8 Å². The summed E-state index contributed by atoms with van der Waals surface area (Å²) in [6.07, 6.45) is 0.468. The predicted octanol–water partition coefficient (Wildman–Crippen LogP) is 5.40. The summed E-state index contributed by atoms with van der Waals surface area (Å²) in [6, 6.07) is 18.0. The number of amides is 2. The number of rotatable bonds is 5. The number of methoxy groups -OCH3 is 1. The molecule has 0 radical (unpaired) electrons. The number of anilines is 1. The molecule has 2 aliphatic heterocycles. The quantitative estimate of drug-likeness (QED) is 0.381. The number of hydrogen-bond donors (Lipinski definition) is 0.